The van der Waals surface area contributed by atoms with E-state index in [1.54, 1.807) is 0 Å². The van der Waals surface area contributed by atoms with Gasteiger partial charge in [0.1, 0.15) is 11.3 Å². The molecular formula is C14H11BrN2. The number of aromatic amines is 1. The Morgan fingerprint density at radius 3 is 2.53 bits per heavy atom. The largest absolute Gasteiger partial charge is 0.338 e. The molecule has 3 rings (SSSR count). The van der Waals surface area contributed by atoms with Gasteiger partial charge in [-0.05, 0) is 35.0 Å². The Morgan fingerprint density at radius 2 is 1.82 bits per heavy atom. The molecule has 0 aliphatic carbocycles. The maximum atomic E-state index is 4.61. The van der Waals surface area contributed by atoms with Gasteiger partial charge in [-0.25, -0.2) is 4.98 Å². The highest BCUT2D eigenvalue weighted by molar-refractivity contribution is 9.10. The van der Waals surface area contributed by atoms with Gasteiger partial charge in [-0.2, -0.15) is 0 Å². The molecule has 0 saturated heterocycles. The minimum absolute atomic E-state index is 0.909. The van der Waals surface area contributed by atoms with Gasteiger partial charge in [0.05, 0.1) is 5.52 Å². The summed E-state index contributed by atoms with van der Waals surface area (Å²) in [5, 5.41) is 0. The molecule has 0 unspecified atom stereocenters. The molecule has 0 atom stereocenters. The van der Waals surface area contributed by atoms with Crippen molar-refractivity contribution < 1.29 is 0 Å². The number of hydrogen-bond donors (Lipinski definition) is 1. The minimum Gasteiger partial charge on any atom is -0.338 e. The number of H-pyrrole nitrogens is 1. The summed E-state index contributed by atoms with van der Waals surface area (Å²) in [7, 11) is 0. The second kappa shape index (κ2) is 4.00. The summed E-state index contributed by atoms with van der Waals surface area (Å²) >= 11 is 3.51. The Morgan fingerprint density at radius 1 is 1.06 bits per heavy atom. The summed E-state index contributed by atoms with van der Waals surface area (Å²) < 4.78 is 1.02. The molecule has 1 heterocycles. The van der Waals surface area contributed by atoms with Crippen LogP contribution in [0, 0.1) is 6.92 Å². The highest BCUT2D eigenvalue weighted by atomic mass is 79.9. The summed E-state index contributed by atoms with van der Waals surface area (Å²) in [6.07, 6.45) is 0. The van der Waals surface area contributed by atoms with Crippen molar-refractivity contribution in [3.63, 3.8) is 0 Å². The van der Waals surface area contributed by atoms with Gasteiger partial charge in [-0.1, -0.05) is 35.9 Å². The van der Waals surface area contributed by atoms with Gasteiger partial charge in [-0.15, -0.1) is 0 Å². The first-order valence-corrected chi connectivity index (χ1v) is 6.24. The molecule has 3 heteroatoms. The number of aryl methyl sites for hydroxylation is 1. The molecule has 3 aromatic rings. The molecule has 0 amide bonds. The van der Waals surface area contributed by atoms with Gasteiger partial charge >= 0.3 is 0 Å². The fourth-order valence-electron chi connectivity index (χ4n) is 1.85. The van der Waals surface area contributed by atoms with Gasteiger partial charge in [0.25, 0.3) is 0 Å². The third kappa shape index (κ3) is 1.87. The molecule has 0 radical (unpaired) electrons. The van der Waals surface area contributed by atoms with Crippen LogP contribution in [0.15, 0.2) is 46.9 Å². The van der Waals surface area contributed by atoms with Crippen LogP contribution >= 0.6 is 15.9 Å². The Balaban J connectivity index is 2.18. The van der Waals surface area contributed by atoms with Crippen molar-refractivity contribution >= 4 is 27.0 Å². The lowest BCUT2D eigenvalue weighted by Gasteiger charge is -1.96. The summed E-state index contributed by atoms with van der Waals surface area (Å²) in [5.74, 6) is 0.909. The number of para-hydroxylation sites is 1. The third-order valence-electron chi connectivity index (χ3n) is 2.79. The molecular weight excluding hydrogens is 276 g/mol. The van der Waals surface area contributed by atoms with E-state index >= 15 is 0 Å². The van der Waals surface area contributed by atoms with Crippen LogP contribution in [0.2, 0.25) is 0 Å². The number of rotatable bonds is 1. The molecule has 17 heavy (non-hydrogen) atoms. The van der Waals surface area contributed by atoms with Crippen LogP contribution in [0.4, 0.5) is 0 Å². The first-order chi connectivity index (χ1) is 8.24. The molecule has 0 spiro atoms. The quantitative estimate of drug-likeness (QED) is 0.710. The van der Waals surface area contributed by atoms with E-state index in [9.17, 15) is 0 Å². The van der Waals surface area contributed by atoms with Crippen molar-refractivity contribution in [2.24, 2.45) is 0 Å². The van der Waals surface area contributed by atoms with E-state index in [-0.39, 0.29) is 0 Å². The summed E-state index contributed by atoms with van der Waals surface area (Å²) in [6.45, 7) is 2.08. The van der Waals surface area contributed by atoms with Crippen molar-refractivity contribution in [3.05, 3.63) is 52.5 Å². The normalized spacial score (nSPS) is 10.9. The number of imidazole rings is 1. The lowest BCUT2D eigenvalue weighted by molar-refractivity contribution is 1.33. The Bertz CT molecular complexity index is 668. The van der Waals surface area contributed by atoms with E-state index < -0.39 is 0 Å². The number of nitrogens with one attached hydrogen (secondary N) is 1. The molecule has 0 bridgehead atoms. The minimum atomic E-state index is 0.909. The predicted molar refractivity (Wildman–Crippen MR) is 74.0 cm³/mol. The molecule has 0 fully saturated rings. The van der Waals surface area contributed by atoms with E-state index in [2.05, 4.69) is 57.1 Å². The lowest BCUT2D eigenvalue weighted by atomic mass is 10.1. The van der Waals surface area contributed by atoms with Crippen LogP contribution in [0.1, 0.15) is 5.56 Å². The van der Waals surface area contributed by atoms with Gasteiger partial charge < -0.3 is 4.98 Å². The molecule has 2 aromatic carbocycles. The van der Waals surface area contributed by atoms with Crippen LogP contribution < -0.4 is 0 Å². The maximum absolute atomic E-state index is 4.61. The SMILES string of the molecule is Cc1ccc(-c2nc3c(Br)cccc3[nH]2)cc1. The van der Waals surface area contributed by atoms with E-state index in [4.69, 9.17) is 0 Å². The molecule has 84 valence electrons. The van der Waals surface area contributed by atoms with E-state index in [0.29, 0.717) is 0 Å². The molecule has 0 aliphatic rings. The second-order valence-electron chi connectivity index (χ2n) is 4.09. The van der Waals surface area contributed by atoms with Crippen molar-refractivity contribution in [2.45, 2.75) is 6.92 Å². The van der Waals surface area contributed by atoms with Gasteiger partial charge in [0.2, 0.25) is 0 Å². The molecule has 0 aliphatic heterocycles. The molecule has 1 N–H and O–H groups in total. The first kappa shape index (κ1) is 10.5. The summed E-state index contributed by atoms with van der Waals surface area (Å²) in [5.41, 5.74) is 4.39. The van der Waals surface area contributed by atoms with Crippen molar-refractivity contribution in [3.8, 4) is 11.4 Å². The second-order valence-corrected chi connectivity index (χ2v) is 4.94. The number of hydrogen-bond acceptors (Lipinski definition) is 1. The highest BCUT2D eigenvalue weighted by Crippen LogP contribution is 2.25. The van der Waals surface area contributed by atoms with Crippen LogP contribution in [-0.4, -0.2) is 9.97 Å². The van der Waals surface area contributed by atoms with Crippen LogP contribution in [0.3, 0.4) is 0 Å². The van der Waals surface area contributed by atoms with Gasteiger partial charge in [0.15, 0.2) is 0 Å². The van der Waals surface area contributed by atoms with E-state index in [0.717, 1.165) is 26.9 Å². The zero-order chi connectivity index (χ0) is 11.8. The van der Waals surface area contributed by atoms with Gasteiger partial charge in [0, 0.05) is 10.0 Å². The topological polar surface area (TPSA) is 28.7 Å². The molecule has 2 nitrogen and oxygen atoms in total. The monoisotopic (exact) mass is 286 g/mol. The first-order valence-electron chi connectivity index (χ1n) is 5.45. The van der Waals surface area contributed by atoms with Crippen molar-refractivity contribution in [1.82, 2.24) is 9.97 Å². The summed E-state index contributed by atoms with van der Waals surface area (Å²) in [6, 6.07) is 14.4. The standard InChI is InChI=1S/C14H11BrN2/c1-9-5-7-10(8-6-9)14-16-12-4-2-3-11(15)13(12)17-14/h2-8H,1H3,(H,16,17). The zero-order valence-corrected chi connectivity index (χ0v) is 11.0. The number of nitrogens with zero attached hydrogens (tertiary/aromatic N) is 1. The van der Waals surface area contributed by atoms with Crippen molar-refractivity contribution in [1.29, 1.82) is 0 Å². The van der Waals surface area contributed by atoms with Crippen LogP contribution in [-0.2, 0) is 0 Å². The van der Waals surface area contributed by atoms with Crippen LogP contribution in [0.25, 0.3) is 22.4 Å². The van der Waals surface area contributed by atoms with Gasteiger partial charge in [-0.3, -0.25) is 0 Å². The average Bonchev–Trinajstić information content (AvgIpc) is 2.75. The average molecular weight is 287 g/mol. The fraction of sp³-hybridized carbons (Fsp3) is 0.0714. The smallest absolute Gasteiger partial charge is 0.138 e. The predicted octanol–water partition coefficient (Wildman–Crippen LogP) is 4.30. The number of benzene rings is 2. The number of halogens is 1. The maximum Gasteiger partial charge on any atom is 0.138 e. The lowest BCUT2D eigenvalue weighted by Crippen LogP contribution is -1.80. The van der Waals surface area contributed by atoms with Crippen molar-refractivity contribution in [2.75, 3.05) is 0 Å². The number of fused-ring (bicyclic) bond motifs is 1. The Labute approximate surface area is 108 Å². The Kier molecular flexibility index (Phi) is 2.48. The molecule has 0 saturated carbocycles. The van der Waals surface area contributed by atoms with Crippen LogP contribution in [0.5, 0.6) is 0 Å². The summed E-state index contributed by atoms with van der Waals surface area (Å²) in [4.78, 5) is 7.94. The molecule has 1 aromatic heterocycles. The Hall–Kier alpha value is -1.61. The zero-order valence-electron chi connectivity index (χ0n) is 9.37. The number of aromatic nitrogens is 2. The highest BCUT2D eigenvalue weighted by Gasteiger charge is 2.06. The van der Waals surface area contributed by atoms with E-state index in [1.165, 1.54) is 5.56 Å². The van der Waals surface area contributed by atoms with E-state index in [1.807, 2.05) is 18.2 Å². The fourth-order valence-corrected chi connectivity index (χ4v) is 2.30. The third-order valence-corrected chi connectivity index (χ3v) is 3.43.